The van der Waals surface area contributed by atoms with Crippen LogP contribution in [0.15, 0.2) is 71.6 Å². The van der Waals surface area contributed by atoms with Crippen molar-refractivity contribution in [3.63, 3.8) is 0 Å². The molecule has 1 aliphatic rings. The Kier molecular flexibility index (Phi) is 8.48. The number of aliphatic carboxylic acids is 1. The second-order valence-corrected chi connectivity index (χ2v) is 13.9. The third kappa shape index (κ3) is 6.47. The molecule has 1 unspecified atom stereocenters. The number of carboxylic acids is 1. The van der Waals surface area contributed by atoms with Gasteiger partial charge in [-0.05, 0) is 93.0 Å². The number of rotatable bonds is 10. The topological polar surface area (TPSA) is 140 Å². The monoisotopic (exact) mass is 597 g/mol. The molecule has 3 aromatic rings. The highest BCUT2D eigenvalue weighted by molar-refractivity contribution is 7.92. The molecule has 1 aliphatic carbocycles. The summed E-state index contributed by atoms with van der Waals surface area (Å²) in [4.78, 5) is 27.4. The lowest BCUT2D eigenvalue weighted by Gasteiger charge is -2.31. The largest absolute Gasteiger partial charge is 0.480 e. The van der Waals surface area contributed by atoms with Crippen molar-refractivity contribution in [2.24, 2.45) is 5.73 Å². The van der Waals surface area contributed by atoms with Crippen LogP contribution in [0.5, 0.6) is 0 Å². The van der Waals surface area contributed by atoms with E-state index in [-0.39, 0.29) is 28.2 Å². The fourth-order valence-corrected chi connectivity index (χ4v) is 6.59. The van der Waals surface area contributed by atoms with Crippen LogP contribution in [0.1, 0.15) is 63.8 Å². The Hall–Kier alpha value is -3.83. The van der Waals surface area contributed by atoms with Crippen molar-refractivity contribution < 1.29 is 32.2 Å². The Balaban J connectivity index is 1.81. The van der Waals surface area contributed by atoms with Crippen LogP contribution in [0.25, 0.3) is 0 Å². The number of nitrogens with two attached hydrogens (primary N) is 1. The highest BCUT2D eigenvalue weighted by atomic mass is 32.2. The number of carbonyl (C=O) groups is 2. The number of carbonyl (C=O) groups excluding carboxylic acids is 1. The van der Waals surface area contributed by atoms with Crippen molar-refractivity contribution >= 4 is 27.7 Å². The van der Waals surface area contributed by atoms with Crippen molar-refractivity contribution in [2.45, 2.75) is 74.2 Å². The fourth-order valence-electron chi connectivity index (χ4n) is 4.92. The summed E-state index contributed by atoms with van der Waals surface area (Å²) in [5, 5.41) is 9.49. The van der Waals surface area contributed by atoms with Crippen LogP contribution >= 0.6 is 0 Å². The maximum Gasteiger partial charge on any atom is 0.416 e. The minimum Gasteiger partial charge on any atom is -0.480 e. The molecule has 3 N–H and O–H groups in total. The molecule has 4 rings (SSSR count). The first kappa shape index (κ1) is 31.1. The lowest BCUT2D eigenvalue weighted by molar-refractivity contribution is -0.135. The minimum absolute atomic E-state index is 0.125. The van der Waals surface area contributed by atoms with E-state index in [2.05, 4.69) is 11.9 Å². The van der Waals surface area contributed by atoms with Gasteiger partial charge in [-0.3, -0.25) is 9.69 Å². The molecule has 0 bridgehead atoms. The van der Waals surface area contributed by atoms with Crippen molar-refractivity contribution in [2.75, 3.05) is 11.4 Å². The molecule has 0 spiro atoms. The maximum atomic E-state index is 14.1. The molecule has 1 atom stereocenters. The normalized spacial score (nSPS) is 15.9. The zero-order valence-corrected chi connectivity index (χ0v) is 24.9. The summed E-state index contributed by atoms with van der Waals surface area (Å²) >= 11 is 0. The molecule has 224 valence electrons. The van der Waals surface area contributed by atoms with Gasteiger partial charge < -0.3 is 15.6 Å². The number of hydrogen-bond acceptors (Lipinski definition) is 7. The molecule has 0 radical (unpaired) electrons. The molecule has 42 heavy (non-hydrogen) atoms. The molecule has 1 aromatic heterocycles. The number of carboxylic acid groups (broad SMARTS) is 1. The van der Waals surface area contributed by atoms with E-state index >= 15 is 0 Å². The predicted octanol–water partition coefficient (Wildman–Crippen LogP) is 5.32. The number of hydrogen-bond donors (Lipinski definition) is 2. The van der Waals surface area contributed by atoms with Crippen molar-refractivity contribution in [3.8, 4) is 0 Å². The first-order valence-corrected chi connectivity index (χ1v) is 15.2. The molecule has 1 amide bonds. The van der Waals surface area contributed by atoms with E-state index < -0.39 is 44.7 Å². The van der Waals surface area contributed by atoms with E-state index in [0.29, 0.717) is 5.56 Å². The Morgan fingerprint density at radius 1 is 1.05 bits per heavy atom. The Morgan fingerprint density at radius 2 is 1.67 bits per heavy atom. The van der Waals surface area contributed by atoms with Gasteiger partial charge in [0, 0.05) is 6.42 Å². The molecule has 9 nitrogen and oxygen atoms in total. The summed E-state index contributed by atoms with van der Waals surface area (Å²) in [6, 6.07) is 16.2. The van der Waals surface area contributed by atoms with Crippen molar-refractivity contribution in [1.29, 1.82) is 0 Å². The van der Waals surface area contributed by atoms with Crippen LogP contribution in [-0.4, -0.2) is 42.7 Å². The van der Waals surface area contributed by atoms with Gasteiger partial charge in [0.2, 0.25) is 9.84 Å². The zero-order chi connectivity index (χ0) is 30.9. The predicted molar refractivity (Wildman–Crippen MR) is 156 cm³/mol. The van der Waals surface area contributed by atoms with E-state index in [1.54, 1.807) is 20.8 Å². The van der Waals surface area contributed by atoms with Gasteiger partial charge in [0.1, 0.15) is 23.8 Å². The molecule has 1 heterocycles. The molecule has 2 aromatic carbocycles. The van der Waals surface area contributed by atoms with Crippen LogP contribution < -0.4 is 10.6 Å². The molecule has 1 fully saturated rings. The summed E-state index contributed by atoms with van der Waals surface area (Å²) < 4.78 is 47.4. The smallest absolute Gasteiger partial charge is 0.416 e. The molecule has 1 saturated carbocycles. The summed E-state index contributed by atoms with van der Waals surface area (Å²) in [7, 11) is -4.42. The van der Waals surface area contributed by atoms with Crippen LogP contribution in [-0.2, 0) is 36.1 Å². The number of aromatic nitrogens is 1. The van der Waals surface area contributed by atoms with E-state index in [4.69, 9.17) is 10.5 Å². The number of halogens is 1. The standard InChI is InChI=1S/C31H36FN3O6S/c1-5-30(17-18-30)22-11-9-21(10-12-22)19-31(33,42(39,40)24-15-13-23(32)14-16-24)25-7-6-8-26(34-25)35(20-27(36)37)28(38)41-29(2,3)4/h6-16H,5,17-20,33H2,1-4H3,(H,36,37). The summed E-state index contributed by atoms with van der Waals surface area (Å²) in [6.45, 7) is 6.25. The molecular formula is C31H36FN3O6S. The van der Waals surface area contributed by atoms with Crippen LogP contribution in [0.2, 0.25) is 0 Å². The summed E-state index contributed by atoms with van der Waals surface area (Å²) in [5.41, 5.74) is 7.72. The quantitative estimate of drug-likeness (QED) is 0.300. The first-order chi connectivity index (χ1) is 19.6. The number of sulfone groups is 1. The highest BCUT2D eigenvalue weighted by Gasteiger charge is 2.46. The number of amides is 1. The second kappa shape index (κ2) is 11.4. The lowest BCUT2D eigenvalue weighted by atomic mass is 9.91. The van der Waals surface area contributed by atoms with Crippen LogP contribution in [0, 0.1) is 5.82 Å². The molecule has 0 aliphatic heterocycles. The Labute approximate surface area is 245 Å². The van der Waals surface area contributed by atoms with E-state index in [1.165, 1.54) is 23.8 Å². The van der Waals surface area contributed by atoms with Gasteiger partial charge in [-0.25, -0.2) is 22.6 Å². The molecule has 11 heteroatoms. The second-order valence-electron chi connectivity index (χ2n) is 11.7. The summed E-state index contributed by atoms with van der Waals surface area (Å²) in [6.07, 6.45) is 2.04. The average molecular weight is 598 g/mol. The first-order valence-electron chi connectivity index (χ1n) is 13.7. The zero-order valence-electron chi connectivity index (χ0n) is 24.1. The van der Waals surface area contributed by atoms with Gasteiger partial charge in [0.25, 0.3) is 0 Å². The summed E-state index contributed by atoms with van der Waals surface area (Å²) in [5.74, 6) is -2.09. The lowest BCUT2D eigenvalue weighted by Crippen LogP contribution is -2.48. The van der Waals surface area contributed by atoms with Crippen LogP contribution in [0.4, 0.5) is 15.0 Å². The number of anilines is 1. The Morgan fingerprint density at radius 3 is 2.19 bits per heavy atom. The van der Waals surface area contributed by atoms with E-state index in [9.17, 15) is 27.5 Å². The number of ether oxygens (including phenoxy) is 1. The average Bonchev–Trinajstić information content (AvgIpc) is 3.72. The van der Waals surface area contributed by atoms with Gasteiger partial charge in [0.15, 0.2) is 4.87 Å². The van der Waals surface area contributed by atoms with Crippen molar-refractivity contribution in [3.05, 3.63) is 89.4 Å². The fraction of sp³-hybridized carbons (Fsp3) is 0.387. The van der Waals surface area contributed by atoms with E-state index in [0.717, 1.165) is 48.4 Å². The van der Waals surface area contributed by atoms with Gasteiger partial charge >= 0.3 is 12.1 Å². The number of benzene rings is 2. The van der Waals surface area contributed by atoms with Gasteiger partial charge in [0.05, 0.1) is 10.6 Å². The van der Waals surface area contributed by atoms with Gasteiger partial charge in [-0.1, -0.05) is 37.3 Å². The van der Waals surface area contributed by atoms with Gasteiger partial charge in [-0.2, -0.15) is 0 Å². The minimum atomic E-state index is -4.42. The number of pyridine rings is 1. The van der Waals surface area contributed by atoms with Gasteiger partial charge in [-0.15, -0.1) is 0 Å². The number of nitrogens with zero attached hydrogens (tertiary/aromatic N) is 2. The Bertz CT molecular complexity index is 1570. The molecular weight excluding hydrogens is 561 g/mol. The molecule has 0 saturated heterocycles. The van der Waals surface area contributed by atoms with E-state index in [1.807, 2.05) is 24.3 Å². The van der Waals surface area contributed by atoms with Crippen LogP contribution in [0.3, 0.4) is 0 Å². The maximum absolute atomic E-state index is 14.1. The highest BCUT2D eigenvalue weighted by Crippen LogP contribution is 2.50. The van der Waals surface area contributed by atoms with Crippen molar-refractivity contribution in [1.82, 2.24) is 4.98 Å². The third-order valence-electron chi connectivity index (χ3n) is 7.52. The SMILES string of the molecule is CCC1(c2ccc(CC(N)(c3cccc(N(CC(=O)O)C(=O)OC(C)(C)C)n3)S(=O)(=O)c3ccc(F)cc3)cc2)CC1. The third-order valence-corrected chi connectivity index (χ3v) is 9.72.